The van der Waals surface area contributed by atoms with Crippen molar-refractivity contribution in [3.8, 4) is 11.5 Å². The first kappa shape index (κ1) is 19.3. The molecule has 0 aromatic heterocycles. The van der Waals surface area contributed by atoms with Crippen LogP contribution in [0.1, 0.15) is 42.9 Å². The van der Waals surface area contributed by atoms with Gasteiger partial charge in [0.1, 0.15) is 11.5 Å². The number of rotatable bonds is 8. The highest BCUT2D eigenvalue weighted by Crippen LogP contribution is 2.30. The summed E-state index contributed by atoms with van der Waals surface area (Å²) in [6, 6.07) is 14.2. The van der Waals surface area contributed by atoms with Crippen LogP contribution in [0.15, 0.2) is 42.5 Å². The van der Waals surface area contributed by atoms with E-state index < -0.39 is 6.10 Å². The molecule has 2 aromatic rings. The first-order chi connectivity index (χ1) is 13.2. The highest BCUT2D eigenvalue weighted by molar-refractivity contribution is 5.80. The highest BCUT2D eigenvalue weighted by atomic mass is 16.5. The molecule has 1 amide bonds. The molecule has 1 aliphatic carbocycles. The average Bonchev–Trinajstić information content (AvgIpc) is 2.71. The quantitative estimate of drug-likeness (QED) is 0.715. The molecular formula is C23H29NO3. The molecule has 0 fully saturated rings. The zero-order valence-corrected chi connectivity index (χ0v) is 16.3. The van der Waals surface area contributed by atoms with Crippen LogP contribution in [0.5, 0.6) is 11.5 Å². The normalized spacial score (nSPS) is 14.1. The van der Waals surface area contributed by atoms with Gasteiger partial charge >= 0.3 is 0 Å². The van der Waals surface area contributed by atoms with Crippen LogP contribution in [0.4, 0.5) is 0 Å². The summed E-state index contributed by atoms with van der Waals surface area (Å²) in [5.74, 6) is 1.67. The van der Waals surface area contributed by atoms with Crippen molar-refractivity contribution in [1.29, 1.82) is 0 Å². The Morgan fingerprint density at radius 1 is 1.11 bits per heavy atom. The van der Waals surface area contributed by atoms with Crippen LogP contribution in [0.25, 0.3) is 0 Å². The molecule has 1 unspecified atom stereocenters. The van der Waals surface area contributed by atoms with Gasteiger partial charge in [-0.3, -0.25) is 4.79 Å². The van der Waals surface area contributed by atoms with E-state index in [-0.39, 0.29) is 5.91 Å². The molecule has 2 aromatic carbocycles. The standard InChI is InChI=1S/C23H29NO3/c1-17(27-22-11-5-9-19-8-3-4-10-21(19)22)23(25)24-16-6-7-18-12-14-20(26-2)15-13-18/h5,9,11-15,17H,3-4,6-8,10,16H2,1-2H3,(H,24,25). The molecule has 0 radical (unpaired) electrons. The number of aryl methyl sites for hydroxylation is 2. The van der Waals surface area contributed by atoms with Gasteiger partial charge in [-0.05, 0) is 80.3 Å². The molecule has 0 saturated heterocycles. The third kappa shape index (κ3) is 5.25. The van der Waals surface area contributed by atoms with Crippen LogP contribution >= 0.6 is 0 Å². The van der Waals surface area contributed by atoms with Crippen molar-refractivity contribution in [3.05, 3.63) is 59.2 Å². The van der Waals surface area contributed by atoms with Crippen LogP contribution in [0, 0.1) is 0 Å². The number of hydrogen-bond acceptors (Lipinski definition) is 3. The van der Waals surface area contributed by atoms with Gasteiger partial charge in [0.15, 0.2) is 6.10 Å². The van der Waals surface area contributed by atoms with Gasteiger partial charge in [0, 0.05) is 6.54 Å². The molecule has 4 heteroatoms. The Labute approximate surface area is 161 Å². The molecule has 0 saturated carbocycles. The Kier molecular flexibility index (Phi) is 6.74. The van der Waals surface area contributed by atoms with Crippen LogP contribution in [0.3, 0.4) is 0 Å². The zero-order chi connectivity index (χ0) is 19.1. The van der Waals surface area contributed by atoms with Crippen LogP contribution < -0.4 is 14.8 Å². The Morgan fingerprint density at radius 3 is 2.67 bits per heavy atom. The molecule has 3 rings (SSSR count). The molecule has 0 bridgehead atoms. The molecule has 0 aliphatic heterocycles. The SMILES string of the molecule is COc1ccc(CCCNC(=O)C(C)Oc2cccc3c2CCCC3)cc1. The molecule has 1 N–H and O–H groups in total. The number of nitrogens with one attached hydrogen (secondary N) is 1. The molecule has 0 heterocycles. The van der Waals surface area contributed by atoms with Crippen molar-refractivity contribution in [2.75, 3.05) is 13.7 Å². The first-order valence-corrected chi connectivity index (χ1v) is 9.85. The van der Waals surface area contributed by atoms with E-state index in [1.165, 1.54) is 29.5 Å². The van der Waals surface area contributed by atoms with Gasteiger partial charge < -0.3 is 14.8 Å². The van der Waals surface area contributed by atoms with E-state index in [9.17, 15) is 4.79 Å². The predicted molar refractivity (Wildman–Crippen MR) is 107 cm³/mol. The lowest BCUT2D eigenvalue weighted by atomic mass is 9.91. The van der Waals surface area contributed by atoms with Crippen LogP contribution in [-0.2, 0) is 24.1 Å². The average molecular weight is 367 g/mol. The van der Waals surface area contributed by atoms with Crippen LogP contribution in [-0.4, -0.2) is 25.7 Å². The number of amides is 1. The van der Waals surface area contributed by atoms with Crippen LogP contribution in [0.2, 0.25) is 0 Å². The third-order valence-corrected chi connectivity index (χ3v) is 5.13. The van der Waals surface area contributed by atoms with Gasteiger partial charge in [-0.25, -0.2) is 0 Å². The van der Waals surface area contributed by atoms with Crippen molar-refractivity contribution in [1.82, 2.24) is 5.32 Å². The second kappa shape index (κ2) is 9.45. The predicted octanol–water partition coefficient (Wildman–Crippen LogP) is 4.09. The van der Waals surface area contributed by atoms with Crippen molar-refractivity contribution in [2.24, 2.45) is 0 Å². The Morgan fingerprint density at radius 2 is 1.89 bits per heavy atom. The summed E-state index contributed by atoms with van der Waals surface area (Å²) in [5, 5.41) is 2.99. The Hall–Kier alpha value is -2.49. The summed E-state index contributed by atoms with van der Waals surface area (Å²) in [5.41, 5.74) is 3.89. The third-order valence-electron chi connectivity index (χ3n) is 5.13. The van der Waals surface area contributed by atoms with Gasteiger partial charge in [0.05, 0.1) is 7.11 Å². The topological polar surface area (TPSA) is 47.6 Å². The van der Waals surface area contributed by atoms with E-state index in [1.807, 2.05) is 31.2 Å². The molecular weight excluding hydrogens is 338 g/mol. The number of carbonyl (C=O) groups excluding carboxylic acids is 1. The maximum Gasteiger partial charge on any atom is 0.260 e. The largest absolute Gasteiger partial charge is 0.497 e. The summed E-state index contributed by atoms with van der Waals surface area (Å²) in [6.45, 7) is 2.46. The van der Waals surface area contributed by atoms with Crippen molar-refractivity contribution < 1.29 is 14.3 Å². The second-order valence-corrected chi connectivity index (χ2v) is 7.10. The lowest BCUT2D eigenvalue weighted by Crippen LogP contribution is -2.37. The Balaban J connectivity index is 1.44. The monoisotopic (exact) mass is 367 g/mol. The number of fused-ring (bicyclic) bond motifs is 1. The van der Waals surface area contributed by atoms with Crippen molar-refractivity contribution >= 4 is 5.91 Å². The number of ether oxygens (including phenoxy) is 2. The van der Waals surface area contributed by atoms with Gasteiger partial charge in [0.2, 0.25) is 0 Å². The summed E-state index contributed by atoms with van der Waals surface area (Å²) >= 11 is 0. The number of benzene rings is 2. The molecule has 4 nitrogen and oxygen atoms in total. The summed E-state index contributed by atoms with van der Waals surface area (Å²) in [6.07, 6.45) is 5.91. The van der Waals surface area contributed by atoms with Gasteiger partial charge in [-0.2, -0.15) is 0 Å². The summed E-state index contributed by atoms with van der Waals surface area (Å²) in [7, 11) is 1.67. The Bertz CT molecular complexity index is 755. The van der Waals surface area contributed by atoms with Crippen molar-refractivity contribution in [3.63, 3.8) is 0 Å². The minimum absolute atomic E-state index is 0.0573. The van der Waals surface area contributed by atoms with Crippen molar-refractivity contribution in [2.45, 2.75) is 51.6 Å². The number of hydrogen-bond donors (Lipinski definition) is 1. The molecule has 1 aliphatic rings. The fourth-order valence-corrected chi connectivity index (χ4v) is 3.54. The van der Waals surface area contributed by atoms with E-state index in [0.717, 1.165) is 37.2 Å². The molecule has 0 spiro atoms. The minimum atomic E-state index is -0.487. The molecule has 1 atom stereocenters. The van der Waals surface area contributed by atoms with Gasteiger partial charge in [-0.1, -0.05) is 24.3 Å². The number of carbonyl (C=O) groups is 1. The lowest BCUT2D eigenvalue weighted by molar-refractivity contribution is -0.127. The first-order valence-electron chi connectivity index (χ1n) is 9.85. The van der Waals surface area contributed by atoms with E-state index in [4.69, 9.17) is 9.47 Å². The summed E-state index contributed by atoms with van der Waals surface area (Å²) < 4.78 is 11.2. The summed E-state index contributed by atoms with van der Waals surface area (Å²) in [4.78, 5) is 12.4. The van der Waals surface area contributed by atoms with E-state index in [0.29, 0.717) is 6.54 Å². The number of methoxy groups -OCH3 is 1. The fraction of sp³-hybridized carbons (Fsp3) is 0.435. The maximum atomic E-state index is 12.4. The smallest absolute Gasteiger partial charge is 0.260 e. The van der Waals surface area contributed by atoms with E-state index in [2.05, 4.69) is 23.5 Å². The lowest BCUT2D eigenvalue weighted by Gasteiger charge is -2.22. The molecule has 27 heavy (non-hydrogen) atoms. The minimum Gasteiger partial charge on any atom is -0.497 e. The fourth-order valence-electron chi connectivity index (χ4n) is 3.54. The zero-order valence-electron chi connectivity index (χ0n) is 16.3. The highest BCUT2D eigenvalue weighted by Gasteiger charge is 2.19. The van der Waals surface area contributed by atoms with Gasteiger partial charge in [0.25, 0.3) is 5.91 Å². The second-order valence-electron chi connectivity index (χ2n) is 7.10. The molecule has 144 valence electrons. The van der Waals surface area contributed by atoms with E-state index >= 15 is 0 Å². The van der Waals surface area contributed by atoms with Gasteiger partial charge in [-0.15, -0.1) is 0 Å². The van der Waals surface area contributed by atoms with E-state index in [1.54, 1.807) is 7.11 Å². The maximum absolute atomic E-state index is 12.4.